The number of rotatable bonds is 5. The van der Waals surface area contributed by atoms with Gasteiger partial charge in [-0.05, 0) is 23.8 Å². The monoisotopic (exact) mass is 328 g/mol. The van der Waals surface area contributed by atoms with Crippen LogP contribution >= 0.6 is 11.6 Å². The van der Waals surface area contributed by atoms with Crippen molar-refractivity contribution >= 4 is 21.6 Å². The first-order chi connectivity index (χ1) is 9.90. The SMILES string of the molecule is NC(CNS(=O)(=O)c1ccc(F)cc1Cl)c1ccccc1. The molecule has 2 aromatic rings. The van der Waals surface area contributed by atoms with Crippen LogP contribution in [0.4, 0.5) is 4.39 Å². The summed E-state index contributed by atoms with van der Waals surface area (Å²) in [5, 5.41) is -0.171. The van der Waals surface area contributed by atoms with Crippen LogP contribution in [-0.4, -0.2) is 15.0 Å². The molecule has 0 aromatic heterocycles. The molecule has 7 heteroatoms. The Kier molecular flexibility index (Phi) is 4.95. The highest BCUT2D eigenvalue weighted by Gasteiger charge is 2.19. The number of nitrogens with one attached hydrogen (secondary N) is 1. The van der Waals surface area contributed by atoms with Gasteiger partial charge in [-0.3, -0.25) is 0 Å². The minimum atomic E-state index is -3.84. The lowest BCUT2D eigenvalue weighted by atomic mass is 10.1. The summed E-state index contributed by atoms with van der Waals surface area (Å²) in [6.45, 7) is 0.0139. The summed E-state index contributed by atoms with van der Waals surface area (Å²) in [5.74, 6) is -0.597. The maximum absolute atomic E-state index is 13.0. The Morgan fingerprint density at radius 2 is 1.86 bits per heavy atom. The molecule has 0 heterocycles. The van der Waals surface area contributed by atoms with Gasteiger partial charge in [0.05, 0.1) is 5.02 Å². The summed E-state index contributed by atoms with van der Waals surface area (Å²) >= 11 is 5.76. The van der Waals surface area contributed by atoms with E-state index in [2.05, 4.69) is 4.72 Å². The highest BCUT2D eigenvalue weighted by atomic mass is 35.5. The van der Waals surface area contributed by atoms with Gasteiger partial charge in [0.2, 0.25) is 10.0 Å². The summed E-state index contributed by atoms with van der Waals surface area (Å²) in [4.78, 5) is -0.175. The topological polar surface area (TPSA) is 72.2 Å². The fourth-order valence-electron chi connectivity index (χ4n) is 1.79. The lowest BCUT2D eigenvalue weighted by molar-refractivity contribution is 0.571. The molecule has 1 unspecified atom stereocenters. The Bertz CT molecular complexity index is 723. The zero-order valence-electron chi connectivity index (χ0n) is 11.0. The van der Waals surface area contributed by atoms with Crippen LogP contribution in [0.5, 0.6) is 0 Å². The highest BCUT2D eigenvalue weighted by Crippen LogP contribution is 2.22. The third-order valence-corrected chi connectivity index (χ3v) is 4.81. The lowest BCUT2D eigenvalue weighted by Crippen LogP contribution is -2.32. The number of hydrogen-bond acceptors (Lipinski definition) is 3. The number of halogens is 2. The second kappa shape index (κ2) is 6.53. The third-order valence-electron chi connectivity index (χ3n) is 2.90. The average Bonchev–Trinajstić information content (AvgIpc) is 2.45. The molecule has 2 rings (SSSR count). The Morgan fingerprint density at radius 1 is 1.19 bits per heavy atom. The van der Waals surface area contributed by atoms with Gasteiger partial charge in [-0.1, -0.05) is 41.9 Å². The third kappa shape index (κ3) is 4.01. The number of hydrogen-bond donors (Lipinski definition) is 2. The van der Waals surface area contributed by atoms with Gasteiger partial charge in [-0.2, -0.15) is 0 Å². The summed E-state index contributed by atoms with van der Waals surface area (Å²) in [6.07, 6.45) is 0. The van der Waals surface area contributed by atoms with E-state index in [9.17, 15) is 12.8 Å². The van der Waals surface area contributed by atoms with Crippen molar-refractivity contribution in [2.75, 3.05) is 6.54 Å². The van der Waals surface area contributed by atoms with Crippen molar-refractivity contribution in [2.24, 2.45) is 5.73 Å². The molecule has 0 aliphatic rings. The molecule has 0 saturated heterocycles. The second-order valence-corrected chi connectivity index (χ2v) is 6.59. The van der Waals surface area contributed by atoms with Gasteiger partial charge in [0, 0.05) is 12.6 Å². The molecule has 0 fully saturated rings. The largest absolute Gasteiger partial charge is 0.323 e. The van der Waals surface area contributed by atoms with E-state index in [1.165, 1.54) is 0 Å². The normalized spacial score (nSPS) is 13.1. The molecule has 0 radical (unpaired) electrons. The average molecular weight is 329 g/mol. The van der Waals surface area contributed by atoms with Gasteiger partial charge in [0.25, 0.3) is 0 Å². The molecule has 0 spiro atoms. The van der Waals surface area contributed by atoms with Gasteiger partial charge in [0.1, 0.15) is 10.7 Å². The minimum Gasteiger partial charge on any atom is -0.323 e. The summed E-state index contributed by atoms with van der Waals surface area (Å²) < 4.78 is 39.6. The molecule has 0 aliphatic carbocycles. The minimum absolute atomic E-state index is 0.0139. The Labute approximate surface area is 127 Å². The molecular weight excluding hydrogens is 315 g/mol. The van der Waals surface area contributed by atoms with E-state index in [1.54, 1.807) is 0 Å². The predicted octanol–water partition coefficient (Wildman–Crippen LogP) is 2.46. The number of sulfonamides is 1. The van der Waals surface area contributed by atoms with Crippen molar-refractivity contribution in [1.82, 2.24) is 4.72 Å². The van der Waals surface area contributed by atoms with Gasteiger partial charge in [-0.15, -0.1) is 0 Å². The van der Waals surface area contributed by atoms with Gasteiger partial charge >= 0.3 is 0 Å². The van der Waals surface area contributed by atoms with Crippen LogP contribution in [0.3, 0.4) is 0 Å². The van der Waals surface area contributed by atoms with E-state index in [-0.39, 0.29) is 16.5 Å². The maximum atomic E-state index is 13.0. The van der Waals surface area contributed by atoms with Crippen LogP contribution < -0.4 is 10.5 Å². The zero-order chi connectivity index (χ0) is 15.5. The molecule has 4 nitrogen and oxygen atoms in total. The van der Waals surface area contributed by atoms with Gasteiger partial charge in [0.15, 0.2) is 0 Å². The Balaban J connectivity index is 2.11. The maximum Gasteiger partial charge on any atom is 0.242 e. The van der Waals surface area contributed by atoms with Crippen molar-refractivity contribution in [2.45, 2.75) is 10.9 Å². The molecular formula is C14H14ClFN2O2S. The van der Waals surface area contributed by atoms with E-state index >= 15 is 0 Å². The zero-order valence-corrected chi connectivity index (χ0v) is 12.5. The van der Waals surface area contributed by atoms with Crippen molar-refractivity contribution in [1.29, 1.82) is 0 Å². The van der Waals surface area contributed by atoms with E-state index in [0.29, 0.717) is 0 Å². The second-order valence-electron chi connectivity index (χ2n) is 4.44. The molecule has 0 saturated carbocycles. The van der Waals surface area contributed by atoms with Crippen LogP contribution in [0.2, 0.25) is 5.02 Å². The first kappa shape index (κ1) is 15.9. The summed E-state index contributed by atoms with van der Waals surface area (Å²) in [5.41, 5.74) is 6.73. The fraction of sp³-hybridized carbons (Fsp3) is 0.143. The lowest BCUT2D eigenvalue weighted by Gasteiger charge is -2.14. The highest BCUT2D eigenvalue weighted by molar-refractivity contribution is 7.89. The fourth-order valence-corrected chi connectivity index (χ4v) is 3.38. The molecule has 0 bridgehead atoms. The smallest absolute Gasteiger partial charge is 0.242 e. The van der Waals surface area contributed by atoms with Crippen molar-refractivity contribution in [3.8, 4) is 0 Å². The van der Waals surface area contributed by atoms with E-state index < -0.39 is 21.9 Å². The van der Waals surface area contributed by atoms with Crippen LogP contribution in [0.15, 0.2) is 53.4 Å². The molecule has 3 N–H and O–H groups in total. The first-order valence-electron chi connectivity index (χ1n) is 6.15. The first-order valence-corrected chi connectivity index (χ1v) is 8.01. The molecule has 0 amide bonds. The van der Waals surface area contributed by atoms with Gasteiger partial charge < -0.3 is 5.73 Å². The molecule has 0 aliphatic heterocycles. The Morgan fingerprint density at radius 3 is 2.48 bits per heavy atom. The van der Waals surface area contributed by atoms with Crippen molar-refractivity contribution in [3.05, 3.63) is 64.9 Å². The van der Waals surface area contributed by atoms with E-state index in [0.717, 1.165) is 23.8 Å². The molecule has 112 valence electrons. The molecule has 2 aromatic carbocycles. The Hall–Kier alpha value is -1.47. The van der Waals surface area contributed by atoms with Crippen LogP contribution in [0, 0.1) is 5.82 Å². The van der Waals surface area contributed by atoms with Crippen molar-refractivity contribution in [3.63, 3.8) is 0 Å². The van der Waals surface area contributed by atoms with Crippen LogP contribution in [0.1, 0.15) is 11.6 Å². The quantitative estimate of drug-likeness (QED) is 0.885. The number of benzene rings is 2. The summed E-state index contributed by atoms with van der Waals surface area (Å²) in [6, 6.07) is 11.7. The van der Waals surface area contributed by atoms with Crippen LogP contribution in [0.25, 0.3) is 0 Å². The van der Waals surface area contributed by atoms with E-state index in [1.807, 2.05) is 30.3 Å². The van der Waals surface area contributed by atoms with Crippen molar-refractivity contribution < 1.29 is 12.8 Å². The van der Waals surface area contributed by atoms with E-state index in [4.69, 9.17) is 17.3 Å². The molecule has 1 atom stereocenters. The van der Waals surface area contributed by atoms with Crippen LogP contribution in [-0.2, 0) is 10.0 Å². The molecule has 21 heavy (non-hydrogen) atoms. The van der Waals surface area contributed by atoms with Gasteiger partial charge in [-0.25, -0.2) is 17.5 Å². The number of nitrogens with two attached hydrogens (primary N) is 1. The summed E-state index contributed by atoms with van der Waals surface area (Å²) in [7, 11) is -3.84. The standard InChI is InChI=1S/C14H14ClFN2O2S/c15-12-8-11(16)6-7-14(12)21(19,20)18-9-13(17)10-4-2-1-3-5-10/h1-8,13,18H,9,17H2. The predicted molar refractivity (Wildman–Crippen MR) is 80.0 cm³/mol.